The summed E-state index contributed by atoms with van der Waals surface area (Å²) in [5.74, 6) is -1.63. The van der Waals surface area contributed by atoms with Gasteiger partial charge in [0.25, 0.3) is 5.89 Å². The van der Waals surface area contributed by atoms with Crippen molar-refractivity contribution in [1.29, 1.82) is 0 Å². The van der Waals surface area contributed by atoms with Gasteiger partial charge in [0.15, 0.2) is 0 Å². The number of carbonyl (C=O) groups excluding carboxylic acids is 1. The zero-order chi connectivity index (χ0) is 17.8. The van der Waals surface area contributed by atoms with Gasteiger partial charge in [-0.1, -0.05) is 6.07 Å². The van der Waals surface area contributed by atoms with Gasteiger partial charge in [0, 0.05) is 30.8 Å². The smallest absolute Gasteiger partial charge is 0.317 e. The van der Waals surface area contributed by atoms with E-state index in [-0.39, 0.29) is 29.6 Å². The molecule has 1 aromatic carbocycles. The van der Waals surface area contributed by atoms with E-state index in [0.29, 0.717) is 26.3 Å². The summed E-state index contributed by atoms with van der Waals surface area (Å²) < 4.78 is 49.0. The molecule has 0 saturated carbocycles. The minimum atomic E-state index is -2.89. The second kappa shape index (κ2) is 7.51. The van der Waals surface area contributed by atoms with Gasteiger partial charge in [0.2, 0.25) is 5.89 Å². The number of nitrogens with zero attached hydrogens (tertiary/aromatic N) is 3. The standard InChI is InChI=1S/C15H15F3N4O3/c16-11-7-9(13-20-21-14(25-13)12(17)18)1-2-10(11)8-19-15(23)22-3-5-24-6-4-22/h1-2,7,12H,3-6,8H2,(H,19,23). The van der Waals surface area contributed by atoms with E-state index in [2.05, 4.69) is 15.5 Å². The van der Waals surface area contributed by atoms with Crippen LogP contribution < -0.4 is 5.32 Å². The lowest BCUT2D eigenvalue weighted by molar-refractivity contribution is 0.0531. The third kappa shape index (κ3) is 4.08. The van der Waals surface area contributed by atoms with E-state index in [4.69, 9.17) is 9.15 Å². The number of halogens is 3. The van der Waals surface area contributed by atoms with Crippen LogP contribution in [0.3, 0.4) is 0 Å². The molecule has 2 amide bonds. The van der Waals surface area contributed by atoms with Gasteiger partial charge in [-0.25, -0.2) is 9.18 Å². The second-order valence-electron chi connectivity index (χ2n) is 5.31. The Labute approximate surface area is 140 Å². The first-order valence-corrected chi connectivity index (χ1v) is 7.55. The van der Waals surface area contributed by atoms with Crippen molar-refractivity contribution in [1.82, 2.24) is 20.4 Å². The van der Waals surface area contributed by atoms with Gasteiger partial charge < -0.3 is 19.4 Å². The van der Waals surface area contributed by atoms with Gasteiger partial charge in [-0.3, -0.25) is 0 Å². The lowest BCUT2D eigenvalue weighted by Gasteiger charge is -2.26. The minimum absolute atomic E-state index is 0.00553. The van der Waals surface area contributed by atoms with Crippen LogP contribution in [0.4, 0.5) is 18.0 Å². The van der Waals surface area contributed by atoms with E-state index >= 15 is 0 Å². The minimum Gasteiger partial charge on any atom is -0.415 e. The van der Waals surface area contributed by atoms with Crippen molar-refractivity contribution in [3.63, 3.8) is 0 Å². The average Bonchev–Trinajstić information content (AvgIpc) is 3.11. The number of ether oxygens (including phenoxy) is 1. The van der Waals surface area contributed by atoms with Crippen LogP contribution in [0.5, 0.6) is 0 Å². The molecule has 0 bridgehead atoms. The van der Waals surface area contributed by atoms with Crippen LogP contribution in [0.1, 0.15) is 17.9 Å². The molecule has 0 spiro atoms. The Kier molecular flexibility index (Phi) is 5.17. The maximum absolute atomic E-state index is 14.2. The predicted molar refractivity (Wildman–Crippen MR) is 79.3 cm³/mol. The number of hydrogen-bond donors (Lipinski definition) is 1. The van der Waals surface area contributed by atoms with Crippen LogP contribution in [0.15, 0.2) is 22.6 Å². The molecule has 0 atom stereocenters. The highest BCUT2D eigenvalue weighted by Crippen LogP contribution is 2.24. The molecule has 1 aliphatic rings. The summed E-state index contributed by atoms with van der Waals surface area (Å²) in [6.45, 7) is 1.91. The molecule has 2 heterocycles. The van der Waals surface area contributed by atoms with Gasteiger partial charge in [0.05, 0.1) is 13.2 Å². The third-order valence-electron chi connectivity index (χ3n) is 3.66. The zero-order valence-electron chi connectivity index (χ0n) is 13.0. The summed E-state index contributed by atoms with van der Waals surface area (Å²) in [7, 11) is 0. The Morgan fingerprint density at radius 2 is 2.04 bits per heavy atom. The topological polar surface area (TPSA) is 80.5 Å². The first-order valence-electron chi connectivity index (χ1n) is 7.55. The molecule has 2 aromatic rings. The molecule has 1 aliphatic heterocycles. The fourth-order valence-corrected chi connectivity index (χ4v) is 2.31. The summed E-state index contributed by atoms with van der Waals surface area (Å²) in [6.07, 6.45) is -2.89. The van der Waals surface area contributed by atoms with Crippen molar-refractivity contribution in [2.45, 2.75) is 13.0 Å². The van der Waals surface area contributed by atoms with Crippen molar-refractivity contribution < 1.29 is 27.1 Å². The SMILES string of the molecule is O=C(NCc1ccc(-c2nnc(C(F)F)o2)cc1F)N1CCOCC1. The van der Waals surface area contributed by atoms with Crippen molar-refractivity contribution >= 4 is 6.03 Å². The summed E-state index contributed by atoms with van der Waals surface area (Å²) >= 11 is 0. The molecule has 1 saturated heterocycles. The number of rotatable bonds is 4. The van der Waals surface area contributed by atoms with Gasteiger partial charge in [-0.05, 0) is 12.1 Å². The normalized spacial score (nSPS) is 14.8. The maximum atomic E-state index is 14.2. The van der Waals surface area contributed by atoms with Crippen LogP contribution >= 0.6 is 0 Å². The highest BCUT2D eigenvalue weighted by molar-refractivity contribution is 5.74. The van der Waals surface area contributed by atoms with Crippen molar-refractivity contribution in [2.24, 2.45) is 0 Å². The number of aromatic nitrogens is 2. The van der Waals surface area contributed by atoms with E-state index in [0.717, 1.165) is 6.07 Å². The van der Waals surface area contributed by atoms with Crippen LogP contribution in [-0.2, 0) is 11.3 Å². The Balaban J connectivity index is 1.64. The molecule has 1 aromatic heterocycles. The first-order chi connectivity index (χ1) is 12.0. The molecule has 1 N–H and O–H groups in total. The Morgan fingerprint density at radius 1 is 1.28 bits per heavy atom. The summed E-state index contributed by atoms with van der Waals surface area (Å²) in [5.41, 5.74) is 0.430. The number of amides is 2. The average molecular weight is 356 g/mol. The lowest BCUT2D eigenvalue weighted by Crippen LogP contribution is -2.45. The van der Waals surface area contributed by atoms with Crippen molar-refractivity contribution in [3.05, 3.63) is 35.5 Å². The van der Waals surface area contributed by atoms with Crippen LogP contribution in [0.25, 0.3) is 11.5 Å². The van der Waals surface area contributed by atoms with E-state index in [1.165, 1.54) is 12.1 Å². The van der Waals surface area contributed by atoms with Crippen molar-refractivity contribution in [2.75, 3.05) is 26.3 Å². The molecule has 10 heteroatoms. The number of carbonyl (C=O) groups is 1. The van der Waals surface area contributed by atoms with E-state index in [1.54, 1.807) is 4.90 Å². The molecule has 7 nitrogen and oxygen atoms in total. The van der Waals surface area contributed by atoms with E-state index in [1.807, 2.05) is 0 Å². The zero-order valence-corrected chi connectivity index (χ0v) is 13.0. The molecule has 0 aliphatic carbocycles. The highest BCUT2D eigenvalue weighted by atomic mass is 19.3. The maximum Gasteiger partial charge on any atom is 0.317 e. The molecule has 134 valence electrons. The third-order valence-corrected chi connectivity index (χ3v) is 3.66. The predicted octanol–water partition coefficient (Wildman–Crippen LogP) is 2.36. The molecular weight excluding hydrogens is 341 g/mol. The molecule has 0 radical (unpaired) electrons. The van der Waals surface area contributed by atoms with Crippen molar-refractivity contribution in [3.8, 4) is 11.5 Å². The summed E-state index contributed by atoms with van der Waals surface area (Å²) in [4.78, 5) is 13.6. The molecule has 0 unspecified atom stereocenters. The van der Waals surface area contributed by atoms with Gasteiger partial charge >= 0.3 is 12.5 Å². The molecular formula is C15H15F3N4O3. The van der Waals surface area contributed by atoms with E-state index < -0.39 is 18.1 Å². The van der Waals surface area contributed by atoms with Crippen LogP contribution in [0, 0.1) is 5.82 Å². The summed E-state index contributed by atoms with van der Waals surface area (Å²) in [5, 5.41) is 9.28. The molecule has 25 heavy (non-hydrogen) atoms. The number of hydrogen-bond acceptors (Lipinski definition) is 5. The van der Waals surface area contributed by atoms with Crippen LogP contribution in [0.2, 0.25) is 0 Å². The van der Waals surface area contributed by atoms with Crippen LogP contribution in [-0.4, -0.2) is 47.4 Å². The largest absolute Gasteiger partial charge is 0.415 e. The number of urea groups is 1. The molecule has 1 fully saturated rings. The Hall–Kier alpha value is -2.62. The number of benzene rings is 1. The lowest BCUT2D eigenvalue weighted by atomic mass is 10.1. The fraction of sp³-hybridized carbons (Fsp3) is 0.400. The molecule has 3 rings (SSSR count). The Bertz CT molecular complexity index is 747. The quantitative estimate of drug-likeness (QED) is 0.910. The second-order valence-corrected chi connectivity index (χ2v) is 5.31. The number of morpholine rings is 1. The Morgan fingerprint density at radius 3 is 2.68 bits per heavy atom. The van der Waals surface area contributed by atoms with Gasteiger partial charge in [-0.2, -0.15) is 8.78 Å². The first kappa shape index (κ1) is 17.2. The van der Waals surface area contributed by atoms with E-state index in [9.17, 15) is 18.0 Å². The highest BCUT2D eigenvalue weighted by Gasteiger charge is 2.19. The van der Waals surface area contributed by atoms with Gasteiger partial charge in [-0.15, -0.1) is 10.2 Å². The number of alkyl halides is 2. The summed E-state index contributed by atoms with van der Waals surface area (Å²) in [6, 6.07) is 3.68. The van der Waals surface area contributed by atoms with Gasteiger partial charge in [0.1, 0.15) is 5.82 Å². The number of nitrogens with one attached hydrogen (secondary N) is 1. The fourth-order valence-electron chi connectivity index (χ4n) is 2.31. The monoisotopic (exact) mass is 356 g/mol.